The Morgan fingerprint density at radius 1 is 1.25 bits per heavy atom. The lowest BCUT2D eigenvalue weighted by Gasteiger charge is -2.30. The molecule has 0 saturated heterocycles. The SMILES string of the molecule is CN(C)C(=O)N1CCc2c(c(C(=O)O)nn2-c2ccc(Br)cc2)C1. The number of carbonyl (C=O) groups excluding carboxylic acids is 1. The number of amides is 2. The summed E-state index contributed by atoms with van der Waals surface area (Å²) in [5.41, 5.74) is 2.25. The Morgan fingerprint density at radius 2 is 1.92 bits per heavy atom. The molecule has 126 valence electrons. The van der Waals surface area contributed by atoms with E-state index < -0.39 is 5.97 Å². The summed E-state index contributed by atoms with van der Waals surface area (Å²) < 4.78 is 2.61. The summed E-state index contributed by atoms with van der Waals surface area (Å²) in [4.78, 5) is 26.9. The third-order valence-electron chi connectivity index (χ3n) is 3.98. The molecule has 1 aromatic heterocycles. The highest BCUT2D eigenvalue weighted by Gasteiger charge is 2.30. The van der Waals surface area contributed by atoms with Crippen LogP contribution < -0.4 is 0 Å². The molecule has 1 N–H and O–H groups in total. The lowest BCUT2D eigenvalue weighted by atomic mass is 10.1. The minimum absolute atomic E-state index is 0.00387. The number of aromatic carboxylic acids is 1. The number of carboxylic acid groups (broad SMARTS) is 1. The molecular formula is C16H17BrN4O3. The number of fused-ring (bicyclic) bond motifs is 1. The van der Waals surface area contributed by atoms with E-state index in [0.29, 0.717) is 18.5 Å². The summed E-state index contributed by atoms with van der Waals surface area (Å²) in [5, 5.41) is 13.8. The maximum Gasteiger partial charge on any atom is 0.356 e. The van der Waals surface area contributed by atoms with Crippen LogP contribution in [0.5, 0.6) is 0 Å². The Morgan fingerprint density at radius 3 is 2.50 bits per heavy atom. The van der Waals surface area contributed by atoms with Crippen LogP contribution in [0.2, 0.25) is 0 Å². The van der Waals surface area contributed by atoms with Gasteiger partial charge >= 0.3 is 12.0 Å². The van der Waals surface area contributed by atoms with Gasteiger partial charge < -0.3 is 14.9 Å². The van der Waals surface area contributed by atoms with Crippen LogP contribution in [0, 0.1) is 0 Å². The molecule has 8 heteroatoms. The number of nitrogens with zero attached hydrogens (tertiary/aromatic N) is 4. The summed E-state index contributed by atoms with van der Waals surface area (Å²) in [6.07, 6.45) is 0.561. The van der Waals surface area contributed by atoms with Crippen LogP contribution in [0.1, 0.15) is 21.7 Å². The maximum absolute atomic E-state index is 12.2. The van der Waals surface area contributed by atoms with Gasteiger partial charge in [-0.05, 0) is 24.3 Å². The van der Waals surface area contributed by atoms with E-state index in [1.54, 1.807) is 23.7 Å². The minimum atomic E-state index is -1.08. The minimum Gasteiger partial charge on any atom is -0.476 e. The molecule has 24 heavy (non-hydrogen) atoms. The summed E-state index contributed by atoms with van der Waals surface area (Å²) in [6, 6.07) is 7.39. The number of aromatic nitrogens is 2. The maximum atomic E-state index is 12.2. The molecule has 0 radical (unpaired) electrons. The summed E-state index contributed by atoms with van der Waals surface area (Å²) >= 11 is 3.39. The van der Waals surface area contributed by atoms with Gasteiger partial charge in [0.1, 0.15) is 0 Å². The fourth-order valence-electron chi connectivity index (χ4n) is 2.83. The number of halogens is 1. The first-order valence-electron chi connectivity index (χ1n) is 7.44. The van der Waals surface area contributed by atoms with Crippen LogP contribution in [-0.4, -0.2) is 57.3 Å². The third-order valence-corrected chi connectivity index (χ3v) is 4.51. The van der Waals surface area contributed by atoms with E-state index in [1.807, 2.05) is 24.3 Å². The van der Waals surface area contributed by atoms with E-state index in [9.17, 15) is 14.7 Å². The molecule has 1 aliphatic heterocycles. The van der Waals surface area contributed by atoms with Crippen molar-refractivity contribution in [3.63, 3.8) is 0 Å². The Balaban J connectivity index is 2.04. The van der Waals surface area contributed by atoms with E-state index in [0.717, 1.165) is 15.9 Å². The van der Waals surface area contributed by atoms with Crippen molar-refractivity contribution >= 4 is 27.9 Å². The van der Waals surface area contributed by atoms with E-state index in [4.69, 9.17) is 0 Å². The molecule has 1 aromatic carbocycles. The summed E-state index contributed by atoms with van der Waals surface area (Å²) in [7, 11) is 3.36. The van der Waals surface area contributed by atoms with E-state index in [-0.39, 0.29) is 18.3 Å². The van der Waals surface area contributed by atoms with E-state index in [1.165, 1.54) is 4.90 Å². The normalized spacial score (nSPS) is 13.5. The first kappa shape index (κ1) is 16.5. The molecule has 2 amide bonds. The van der Waals surface area contributed by atoms with Gasteiger partial charge in [-0.15, -0.1) is 0 Å². The Kier molecular flexibility index (Phi) is 4.31. The number of hydrogen-bond acceptors (Lipinski definition) is 3. The van der Waals surface area contributed by atoms with Crippen LogP contribution in [0.4, 0.5) is 4.79 Å². The molecule has 0 bridgehead atoms. The second-order valence-corrected chi connectivity index (χ2v) is 6.73. The molecule has 0 atom stereocenters. The second-order valence-electron chi connectivity index (χ2n) is 5.82. The van der Waals surface area contributed by atoms with Crippen molar-refractivity contribution in [2.24, 2.45) is 0 Å². The Hall–Kier alpha value is -2.35. The predicted molar refractivity (Wildman–Crippen MR) is 91.4 cm³/mol. The molecule has 2 aromatic rings. The topological polar surface area (TPSA) is 78.7 Å². The smallest absolute Gasteiger partial charge is 0.356 e. The van der Waals surface area contributed by atoms with Crippen molar-refractivity contribution in [2.45, 2.75) is 13.0 Å². The number of urea groups is 1. The zero-order chi connectivity index (χ0) is 17.4. The first-order chi connectivity index (χ1) is 11.4. The van der Waals surface area contributed by atoms with Crippen molar-refractivity contribution in [3.05, 3.63) is 45.7 Å². The monoisotopic (exact) mass is 392 g/mol. The molecule has 0 unspecified atom stereocenters. The molecule has 2 heterocycles. The van der Waals surface area contributed by atoms with Crippen LogP contribution in [-0.2, 0) is 13.0 Å². The molecule has 0 aliphatic carbocycles. The number of carbonyl (C=O) groups is 2. The molecule has 0 saturated carbocycles. The standard InChI is InChI=1S/C16H17BrN4O3/c1-19(2)16(24)20-8-7-13-12(9-20)14(15(22)23)18-21(13)11-5-3-10(17)4-6-11/h3-6H,7-9H2,1-2H3,(H,22,23). The largest absolute Gasteiger partial charge is 0.476 e. The average Bonchev–Trinajstić information content (AvgIpc) is 2.93. The Labute approximate surface area is 147 Å². The van der Waals surface area contributed by atoms with E-state index in [2.05, 4.69) is 21.0 Å². The summed E-state index contributed by atoms with van der Waals surface area (Å²) in [6.45, 7) is 0.788. The molecule has 1 aliphatic rings. The first-order valence-corrected chi connectivity index (χ1v) is 8.24. The quantitative estimate of drug-likeness (QED) is 0.850. The van der Waals surface area contributed by atoms with Crippen molar-refractivity contribution < 1.29 is 14.7 Å². The van der Waals surface area contributed by atoms with Crippen molar-refractivity contribution in [3.8, 4) is 5.69 Å². The van der Waals surface area contributed by atoms with Gasteiger partial charge in [-0.3, -0.25) is 0 Å². The van der Waals surface area contributed by atoms with Gasteiger partial charge in [-0.2, -0.15) is 5.10 Å². The number of rotatable bonds is 2. The van der Waals surface area contributed by atoms with Gasteiger partial charge in [0.25, 0.3) is 0 Å². The van der Waals surface area contributed by atoms with Crippen LogP contribution in [0.25, 0.3) is 5.69 Å². The molecule has 0 spiro atoms. The highest BCUT2D eigenvalue weighted by molar-refractivity contribution is 9.10. The fraction of sp³-hybridized carbons (Fsp3) is 0.312. The van der Waals surface area contributed by atoms with Gasteiger partial charge in [0.15, 0.2) is 5.69 Å². The van der Waals surface area contributed by atoms with Crippen LogP contribution in [0.15, 0.2) is 28.7 Å². The molecule has 7 nitrogen and oxygen atoms in total. The number of hydrogen-bond donors (Lipinski definition) is 1. The average molecular weight is 393 g/mol. The van der Waals surface area contributed by atoms with Gasteiger partial charge in [0.05, 0.1) is 17.9 Å². The van der Waals surface area contributed by atoms with Crippen molar-refractivity contribution in [1.82, 2.24) is 19.6 Å². The lowest BCUT2D eigenvalue weighted by molar-refractivity contribution is 0.0687. The zero-order valence-electron chi connectivity index (χ0n) is 13.4. The van der Waals surface area contributed by atoms with Crippen molar-refractivity contribution in [2.75, 3.05) is 20.6 Å². The van der Waals surface area contributed by atoms with Gasteiger partial charge in [0.2, 0.25) is 0 Å². The second kappa shape index (κ2) is 6.27. The number of benzene rings is 1. The van der Waals surface area contributed by atoms with Gasteiger partial charge in [-0.1, -0.05) is 15.9 Å². The molecular weight excluding hydrogens is 376 g/mol. The number of carboxylic acids is 1. The third kappa shape index (κ3) is 2.89. The van der Waals surface area contributed by atoms with Crippen LogP contribution in [0.3, 0.4) is 0 Å². The highest BCUT2D eigenvalue weighted by atomic mass is 79.9. The predicted octanol–water partition coefficient (Wildman–Crippen LogP) is 2.37. The van der Waals surface area contributed by atoms with Crippen LogP contribution >= 0.6 is 15.9 Å². The van der Waals surface area contributed by atoms with Gasteiger partial charge in [-0.25, -0.2) is 14.3 Å². The molecule has 3 rings (SSSR count). The molecule has 0 fully saturated rings. The lowest BCUT2D eigenvalue weighted by Crippen LogP contribution is -2.42. The van der Waals surface area contributed by atoms with Crippen molar-refractivity contribution in [1.29, 1.82) is 0 Å². The van der Waals surface area contributed by atoms with Gasteiger partial charge in [0, 0.05) is 37.1 Å². The summed E-state index contributed by atoms with van der Waals surface area (Å²) in [5.74, 6) is -1.08. The Bertz CT molecular complexity index is 798. The fourth-order valence-corrected chi connectivity index (χ4v) is 3.10. The highest BCUT2D eigenvalue weighted by Crippen LogP contribution is 2.26. The van der Waals surface area contributed by atoms with E-state index >= 15 is 0 Å². The zero-order valence-corrected chi connectivity index (χ0v) is 14.9.